The number of hydrogen-bond acceptors (Lipinski definition) is 8. The van der Waals surface area contributed by atoms with E-state index in [1.165, 1.54) is 0 Å². The van der Waals surface area contributed by atoms with E-state index in [1.807, 2.05) is 18.2 Å². The zero-order valence-corrected chi connectivity index (χ0v) is 18.3. The van der Waals surface area contributed by atoms with Gasteiger partial charge in [-0.25, -0.2) is 18.4 Å². The van der Waals surface area contributed by atoms with Crippen LogP contribution in [0, 0.1) is 0 Å². The normalized spacial score (nSPS) is 19.9. The highest BCUT2D eigenvalue weighted by Crippen LogP contribution is 2.38. The van der Waals surface area contributed by atoms with E-state index >= 15 is 0 Å². The standard InChI is InChI=1S/C21H24N4O3S2/c26-30(27)12-8-25(9-13-30)20-19-17(16-4-2-1-3-5-16)15-29-21(19)23-18(22-20)14-24-6-10-28-11-7-24/h1-5,15H,6-14H2. The molecule has 2 saturated heterocycles. The maximum atomic E-state index is 12.0. The molecule has 0 atom stereocenters. The number of aromatic nitrogens is 2. The van der Waals surface area contributed by atoms with E-state index in [4.69, 9.17) is 14.7 Å². The maximum Gasteiger partial charge on any atom is 0.153 e. The smallest absolute Gasteiger partial charge is 0.153 e. The Labute approximate surface area is 180 Å². The molecule has 4 heterocycles. The van der Waals surface area contributed by atoms with Gasteiger partial charge in [-0.1, -0.05) is 30.3 Å². The second-order valence-electron chi connectivity index (χ2n) is 7.69. The van der Waals surface area contributed by atoms with E-state index in [0.29, 0.717) is 19.6 Å². The van der Waals surface area contributed by atoms with E-state index < -0.39 is 9.84 Å². The highest BCUT2D eigenvalue weighted by atomic mass is 32.2. The third-order valence-corrected chi connectivity index (χ3v) is 8.14. The average molecular weight is 445 g/mol. The van der Waals surface area contributed by atoms with Gasteiger partial charge < -0.3 is 9.64 Å². The Bertz CT molecular complexity index is 1130. The molecule has 30 heavy (non-hydrogen) atoms. The van der Waals surface area contributed by atoms with Gasteiger partial charge in [-0.15, -0.1) is 11.3 Å². The largest absolute Gasteiger partial charge is 0.379 e. The van der Waals surface area contributed by atoms with Crippen LogP contribution in [-0.2, 0) is 21.1 Å². The minimum atomic E-state index is -2.96. The molecule has 0 N–H and O–H groups in total. The third kappa shape index (κ3) is 4.07. The highest BCUT2D eigenvalue weighted by Gasteiger charge is 2.26. The Morgan fingerprint density at radius 2 is 1.73 bits per heavy atom. The van der Waals surface area contributed by atoms with Gasteiger partial charge in [-0.3, -0.25) is 4.90 Å². The van der Waals surface area contributed by atoms with Crippen molar-refractivity contribution in [3.63, 3.8) is 0 Å². The van der Waals surface area contributed by atoms with Crippen molar-refractivity contribution in [3.8, 4) is 11.1 Å². The summed E-state index contributed by atoms with van der Waals surface area (Å²) in [4.78, 5) is 15.2. The van der Waals surface area contributed by atoms with Gasteiger partial charge in [0.15, 0.2) is 9.84 Å². The van der Waals surface area contributed by atoms with Gasteiger partial charge in [0.1, 0.15) is 16.5 Å². The Morgan fingerprint density at radius 1 is 1.00 bits per heavy atom. The molecule has 0 bridgehead atoms. The predicted octanol–water partition coefficient (Wildman–Crippen LogP) is 2.43. The van der Waals surface area contributed by atoms with E-state index in [2.05, 4.69) is 27.3 Å². The lowest BCUT2D eigenvalue weighted by Gasteiger charge is -2.30. The van der Waals surface area contributed by atoms with Crippen LogP contribution in [0.3, 0.4) is 0 Å². The number of sulfone groups is 1. The minimum Gasteiger partial charge on any atom is -0.379 e. The zero-order chi connectivity index (χ0) is 20.6. The minimum absolute atomic E-state index is 0.169. The Morgan fingerprint density at radius 3 is 2.47 bits per heavy atom. The Hall–Kier alpha value is -2.07. The van der Waals surface area contributed by atoms with Crippen LogP contribution >= 0.6 is 11.3 Å². The van der Waals surface area contributed by atoms with Crippen molar-refractivity contribution >= 4 is 37.2 Å². The molecule has 3 aromatic rings. The molecule has 7 nitrogen and oxygen atoms in total. The SMILES string of the molecule is O=S1(=O)CCN(c2nc(CN3CCOCC3)nc3scc(-c4ccccc4)c23)CC1. The van der Waals surface area contributed by atoms with Gasteiger partial charge in [0.05, 0.1) is 36.7 Å². The molecule has 2 fully saturated rings. The predicted molar refractivity (Wildman–Crippen MR) is 120 cm³/mol. The van der Waals surface area contributed by atoms with Crippen molar-refractivity contribution in [3.05, 3.63) is 41.5 Å². The first-order valence-corrected chi connectivity index (χ1v) is 12.9. The van der Waals surface area contributed by atoms with Crippen LogP contribution < -0.4 is 4.90 Å². The van der Waals surface area contributed by atoms with E-state index in [-0.39, 0.29) is 11.5 Å². The van der Waals surface area contributed by atoms with Gasteiger partial charge in [0, 0.05) is 37.1 Å². The fourth-order valence-corrected chi connectivity index (χ4v) is 6.14. The van der Waals surface area contributed by atoms with Crippen LogP contribution in [0.25, 0.3) is 21.3 Å². The fourth-order valence-electron chi connectivity index (χ4n) is 3.98. The summed E-state index contributed by atoms with van der Waals surface area (Å²) in [5.41, 5.74) is 2.23. The molecule has 2 aliphatic heterocycles. The summed E-state index contributed by atoms with van der Waals surface area (Å²) in [5, 5.41) is 3.16. The second-order valence-corrected chi connectivity index (χ2v) is 10.8. The molecule has 158 valence electrons. The molecule has 0 aliphatic carbocycles. The lowest BCUT2D eigenvalue weighted by Crippen LogP contribution is -2.41. The topological polar surface area (TPSA) is 75.6 Å². The quantitative estimate of drug-likeness (QED) is 0.612. The Balaban J connectivity index is 1.58. The maximum absolute atomic E-state index is 12.0. The molecular formula is C21H24N4O3S2. The molecule has 0 spiro atoms. The van der Waals surface area contributed by atoms with Crippen molar-refractivity contribution < 1.29 is 13.2 Å². The number of morpholine rings is 1. The fraction of sp³-hybridized carbons (Fsp3) is 0.429. The molecule has 9 heteroatoms. The van der Waals surface area contributed by atoms with Crippen LogP contribution in [0.1, 0.15) is 5.82 Å². The number of benzene rings is 1. The van der Waals surface area contributed by atoms with Gasteiger partial charge in [0.2, 0.25) is 0 Å². The van der Waals surface area contributed by atoms with Gasteiger partial charge >= 0.3 is 0 Å². The van der Waals surface area contributed by atoms with Crippen molar-refractivity contribution in [2.45, 2.75) is 6.54 Å². The monoisotopic (exact) mass is 444 g/mol. The van der Waals surface area contributed by atoms with Crippen molar-refractivity contribution in [2.75, 3.05) is 55.8 Å². The molecule has 2 aromatic heterocycles. The summed E-state index contributed by atoms with van der Waals surface area (Å²) in [7, 11) is -2.96. The van der Waals surface area contributed by atoms with Crippen LogP contribution in [0.15, 0.2) is 35.7 Å². The highest BCUT2D eigenvalue weighted by molar-refractivity contribution is 7.91. The summed E-state index contributed by atoms with van der Waals surface area (Å²) < 4.78 is 29.4. The Kier molecular flexibility index (Phi) is 5.44. The van der Waals surface area contributed by atoms with Gasteiger partial charge in [-0.2, -0.15) is 0 Å². The number of anilines is 1. The number of rotatable bonds is 4. The summed E-state index contributed by atoms with van der Waals surface area (Å²) >= 11 is 1.62. The molecule has 0 saturated carbocycles. The van der Waals surface area contributed by atoms with Crippen LogP contribution in [0.2, 0.25) is 0 Å². The summed E-state index contributed by atoms with van der Waals surface area (Å²) in [6.45, 7) is 4.82. The van der Waals surface area contributed by atoms with E-state index in [1.54, 1.807) is 11.3 Å². The van der Waals surface area contributed by atoms with Crippen LogP contribution in [0.4, 0.5) is 5.82 Å². The second kappa shape index (κ2) is 8.22. The first-order valence-electron chi connectivity index (χ1n) is 10.2. The molecule has 1 aromatic carbocycles. The molecule has 2 aliphatic rings. The van der Waals surface area contributed by atoms with Crippen LogP contribution in [0.5, 0.6) is 0 Å². The third-order valence-electron chi connectivity index (χ3n) is 5.66. The lowest BCUT2D eigenvalue weighted by atomic mass is 10.1. The van der Waals surface area contributed by atoms with E-state index in [9.17, 15) is 8.42 Å². The molecule has 5 rings (SSSR count). The van der Waals surface area contributed by atoms with Crippen LogP contribution in [-0.4, -0.2) is 74.2 Å². The number of fused-ring (bicyclic) bond motifs is 1. The van der Waals surface area contributed by atoms with E-state index in [0.717, 1.165) is 59.3 Å². The number of thiophene rings is 1. The zero-order valence-electron chi connectivity index (χ0n) is 16.7. The van der Waals surface area contributed by atoms with Crippen molar-refractivity contribution in [1.82, 2.24) is 14.9 Å². The number of nitrogens with zero attached hydrogens (tertiary/aromatic N) is 4. The summed E-state index contributed by atoms with van der Waals surface area (Å²) in [5.74, 6) is 1.98. The summed E-state index contributed by atoms with van der Waals surface area (Å²) in [6.07, 6.45) is 0. The molecular weight excluding hydrogens is 420 g/mol. The first-order chi connectivity index (χ1) is 14.6. The van der Waals surface area contributed by atoms with Crippen molar-refractivity contribution in [2.24, 2.45) is 0 Å². The van der Waals surface area contributed by atoms with Gasteiger partial charge in [0.25, 0.3) is 0 Å². The summed E-state index contributed by atoms with van der Waals surface area (Å²) in [6, 6.07) is 10.2. The van der Waals surface area contributed by atoms with Gasteiger partial charge in [-0.05, 0) is 5.56 Å². The average Bonchev–Trinajstić information content (AvgIpc) is 3.19. The molecule has 0 radical (unpaired) electrons. The molecule has 0 amide bonds. The lowest BCUT2D eigenvalue weighted by molar-refractivity contribution is 0.0331. The number of hydrogen-bond donors (Lipinski definition) is 0. The molecule has 0 unspecified atom stereocenters. The number of ether oxygens (including phenoxy) is 1. The first kappa shape index (κ1) is 19.9. The van der Waals surface area contributed by atoms with Crippen molar-refractivity contribution in [1.29, 1.82) is 0 Å².